The number of rotatable bonds is 7. The number of nitrogens with zero attached hydrogens (tertiary/aromatic N) is 2. The van der Waals surface area contributed by atoms with Crippen molar-refractivity contribution in [1.29, 1.82) is 0 Å². The SMILES string of the molecule is O=C(OCc1ccc([N+](=O)[O-])cc1)c1c(-c2ccc3c(c2)CCCS3)[nH]c(-c2ccc(F)cc2)c1-c1ccncc1. The molecule has 0 fully saturated rings. The molecule has 6 rings (SSSR count). The molecule has 5 aromatic rings. The summed E-state index contributed by atoms with van der Waals surface area (Å²) in [6.07, 6.45) is 5.34. The molecule has 1 aliphatic rings. The number of hydrogen-bond acceptors (Lipinski definition) is 6. The summed E-state index contributed by atoms with van der Waals surface area (Å²) in [4.78, 5) is 33.4. The third kappa shape index (κ3) is 5.49. The van der Waals surface area contributed by atoms with Crippen LogP contribution in [0, 0.1) is 15.9 Å². The van der Waals surface area contributed by atoms with Gasteiger partial charge in [0, 0.05) is 35.0 Å². The fourth-order valence-corrected chi connectivity index (χ4v) is 6.03. The third-order valence-electron chi connectivity index (χ3n) is 7.02. The smallest absolute Gasteiger partial charge is 0.341 e. The van der Waals surface area contributed by atoms with Gasteiger partial charge in [0.1, 0.15) is 12.4 Å². The highest BCUT2D eigenvalue weighted by atomic mass is 32.2. The number of halogens is 1. The molecule has 0 spiro atoms. The molecule has 41 heavy (non-hydrogen) atoms. The van der Waals surface area contributed by atoms with Crippen LogP contribution in [0.5, 0.6) is 0 Å². The molecule has 0 amide bonds. The molecule has 0 unspecified atom stereocenters. The minimum absolute atomic E-state index is 0.0394. The van der Waals surface area contributed by atoms with Gasteiger partial charge in [-0.3, -0.25) is 15.1 Å². The van der Waals surface area contributed by atoms with Gasteiger partial charge in [-0.1, -0.05) is 6.07 Å². The number of nitrogens with one attached hydrogen (secondary N) is 1. The highest BCUT2D eigenvalue weighted by Gasteiger charge is 2.28. The normalized spacial score (nSPS) is 12.5. The third-order valence-corrected chi connectivity index (χ3v) is 8.22. The first-order valence-corrected chi connectivity index (χ1v) is 14.1. The Morgan fingerprint density at radius 3 is 2.41 bits per heavy atom. The fraction of sp³-hybridized carbons (Fsp3) is 0.125. The van der Waals surface area contributed by atoms with Gasteiger partial charge >= 0.3 is 5.97 Å². The van der Waals surface area contributed by atoms with E-state index in [9.17, 15) is 19.3 Å². The second kappa shape index (κ2) is 11.4. The van der Waals surface area contributed by atoms with E-state index < -0.39 is 10.9 Å². The van der Waals surface area contributed by atoms with E-state index in [-0.39, 0.29) is 18.1 Å². The second-order valence-corrected chi connectivity index (χ2v) is 10.8. The molecule has 9 heteroatoms. The number of hydrogen-bond donors (Lipinski definition) is 1. The molecule has 0 bridgehead atoms. The minimum atomic E-state index is -0.554. The Bertz CT molecular complexity index is 1740. The van der Waals surface area contributed by atoms with Crippen molar-refractivity contribution in [1.82, 2.24) is 9.97 Å². The lowest BCUT2D eigenvalue weighted by Crippen LogP contribution is -2.08. The van der Waals surface area contributed by atoms with E-state index in [2.05, 4.69) is 22.1 Å². The van der Waals surface area contributed by atoms with E-state index in [1.165, 1.54) is 34.7 Å². The number of nitro benzene ring substituents is 1. The molecule has 0 aliphatic carbocycles. The second-order valence-electron chi connectivity index (χ2n) is 9.64. The summed E-state index contributed by atoms with van der Waals surface area (Å²) >= 11 is 1.83. The van der Waals surface area contributed by atoms with Crippen LogP contribution >= 0.6 is 11.8 Å². The van der Waals surface area contributed by atoms with Crippen molar-refractivity contribution in [3.05, 3.63) is 124 Å². The first-order valence-electron chi connectivity index (χ1n) is 13.1. The molecule has 2 aromatic heterocycles. The standard InChI is InChI=1S/C32H24FN3O4S/c33-25-8-5-22(6-9-25)30-28(21-13-15-34-16-14-21)29(32(37)40-19-20-3-10-26(11-4-20)36(38)39)31(35-30)24-7-12-27-23(18-24)2-1-17-41-27/h3-16,18,35H,1-2,17,19H2. The fourth-order valence-electron chi connectivity index (χ4n) is 5.01. The number of aromatic nitrogens is 2. The van der Waals surface area contributed by atoms with Crippen LogP contribution in [0.4, 0.5) is 10.1 Å². The van der Waals surface area contributed by atoms with Gasteiger partial charge in [0.15, 0.2) is 0 Å². The summed E-state index contributed by atoms with van der Waals surface area (Å²) in [7, 11) is 0. The molecule has 7 nitrogen and oxygen atoms in total. The summed E-state index contributed by atoms with van der Waals surface area (Å²) in [6, 6.07) is 21.8. The largest absolute Gasteiger partial charge is 0.457 e. The van der Waals surface area contributed by atoms with Crippen molar-refractivity contribution in [3.8, 4) is 33.6 Å². The number of aromatic amines is 1. The van der Waals surface area contributed by atoms with Gasteiger partial charge in [0.25, 0.3) is 5.69 Å². The Hall–Kier alpha value is -4.76. The Labute approximate surface area is 239 Å². The number of ether oxygens (including phenoxy) is 1. The number of carbonyl (C=O) groups excluding carboxylic acids is 1. The van der Waals surface area contributed by atoms with E-state index in [0.29, 0.717) is 33.6 Å². The highest BCUT2D eigenvalue weighted by molar-refractivity contribution is 7.99. The average molecular weight is 566 g/mol. The molecule has 204 valence electrons. The quantitative estimate of drug-likeness (QED) is 0.123. The number of esters is 1. The van der Waals surface area contributed by atoms with Crippen molar-refractivity contribution in [3.63, 3.8) is 0 Å². The molecular weight excluding hydrogens is 541 g/mol. The van der Waals surface area contributed by atoms with Crippen LogP contribution in [0.2, 0.25) is 0 Å². The topological polar surface area (TPSA) is 98.1 Å². The van der Waals surface area contributed by atoms with Gasteiger partial charge in [-0.2, -0.15) is 0 Å². The molecule has 0 saturated heterocycles. The molecule has 0 atom stereocenters. The molecule has 0 radical (unpaired) electrons. The predicted octanol–water partition coefficient (Wildman–Crippen LogP) is 7.85. The van der Waals surface area contributed by atoms with Crippen LogP contribution in [0.15, 0.2) is 96.2 Å². The summed E-state index contributed by atoms with van der Waals surface area (Å²) < 4.78 is 19.7. The number of benzene rings is 3. The van der Waals surface area contributed by atoms with Crippen LogP contribution in [0.1, 0.15) is 27.9 Å². The van der Waals surface area contributed by atoms with Crippen molar-refractivity contribution in [2.24, 2.45) is 0 Å². The molecule has 3 aromatic carbocycles. The summed E-state index contributed by atoms with van der Waals surface area (Å²) in [6.45, 7) is -0.0655. The van der Waals surface area contributed by atoms with Crippen molar-refractivity contribution < 1.29 is 18.8 Å². The van der Waals surface area contributed by atoms with Gasteiger partial charge in [-0.25, -0.2) is 9.18 Å². The number of thioether (sulfide) groups is 1. The van der Waals surface area contributed by atoms with Crippen LogP contribution in [0.3, 0.4) is 0 Å². The molecule has 1 N–H and O–H groups in total. The van der Waals surface area contributed by atoms with E-state index in [1.807, 2.05) is 30.0 Å². The van der Waals surface area contributed by atoms with Gasteiger partial charge in [-0.15, -0.1) is 11.8 Å². The van der Waals surface area contributed by atoms with Crippen LogP contribution in [-0.4, -0.2) is 26.6 Å². The number of fused-ring (bicyclic) bond motifs is 1. The zero-order chi connectivity index (χ0) is 28.3. The molecular formula is C32H24FN3O4S. The Morgan fingerprint density at radius 1 is 0.951 bits per heavy atom. The number of H-pyrrole nitrogens is 1. The average Bonchev–Trinajstić information content (AvgIpc) is 3.41. The summed E-state index contributed by atoms with van der Waals surface area (Å²) in [5.74, 6) is 0.165. The van der Waals surface area contributed by atoms with Crippen molar-refractivity contribution >= 4 is 23.4 Å². The van der Waals surface area contributed by atoms with Crippen LogP contribution in [-0.2, 0) is 17.8 Å². The molecule has 3 heterocycles. The van der Waals surface area contributed by atoms with Gasteiger partial charge in [0.05, 0.1) is 21.9 Å². The van der Waals surface area contributed by atoms with Crippen molar-refractivity contribution in [2.75, 3.05) is 5.75 Å². The maximum Gasteiger partial charge on any atom is 0.341 e. The first kappa shape index (κ1) is 26.5. The van der Waals surface area contributed by atoms with E-state index in [4.69, 9.17) is 4.74 Å². The maximum atomic E-state index is 13.9. The zero-order valence-corrected chi connectivity index (χ0v) is 22.6. The van der Waals surface area contributed by atoms with Gasteiger partial charge in [0.2, 0.25) is 0 Å². The lowest BCUT2D eigenvalue weighted by Gasteiger charge is -2.16. The van der Waals surface area contributed by atoms with E-state index in [1.54, 1.807) is 36.7 Å². The number of carbonyl (C=O) groups is 1. The monoisotopic (exact) mass is 565 g/mol. The lowest BCUT2D eigenvalue weighted by atomic mass is 9.95. The first-order chi connectivity index (χ1) is 20.0. The lowest BCUT2D eigenvalue weighted by molar-refractivity contribution is -0.384. The minimum Gasteiger partial charge on any atom is -0.457 e. The number of aryl methyl sites for hydroxylation is 1. The number of pyridine rings is 1. The summed E-state index contributed by atoms with van der Waals surface area (Å²) in [5, 5.41) is 11.0. The maximum absolute atomic E-state index is 13.9. The zero-order valence-electron chi connectivity index (χ0n) is 21.8. The Kier molecular flexibility index (Phi) is 7.35. The van der Waals surface area contributed by atoms with E-state index in [0.717, 1.165) is 29.7 Å². The van der Waals surface area contributed by atoms with Gasteiger partial charge in [-0.05, 0) is 107 Å². The predicted molar refractivity (Wildman–Crippen MR) is 156 cm³/mol. The molecule has 1 aliphatic heterocycles. The van der Waals surface area contributed by atoms with Crippen LogP contribution < -0.4 is 0 Å². The van der Waals surface area contributed by atoms with Crippen molar-refractivity contribution in [2.45, 2.75) is 24.3 Å². The Balaban J connectivity index is 1.49. The Morgan fingerprint density at radius 2 is 1.68 bits per heavy atom. The van der Waals surface area contributed by atoms with Gasteiger partial charge < -0.3 is 9.72 Å². The van der Waals surface area contributed by atoms with E-state index >= 15 is 0 Å². The molecule has 0 saturated carbocycles. The number of non-ortho nitro benzene ring substituents is 1. The highest BCUT2D eigenvalue weighted by Crippen LogP contribution is 2.42. The summed E-state index contributed by atoms with van der Waals surface area (Å²) in [5.41, 5.74) is 6.34. The number of nitro groups is 1. The van der Waals surface area contributed by atoms with Crippen LogP contribution in [0.25, 0.3) is 33.6 Å².